The monoisotopic (exact) mass is 633 g/mol. The summed E-state index contributed by atoms with van der Waals surface area (Å²) >= 11 is 6.18. The Bertz CT molecular complexity index is 1420. The van der Waals surface area contributed by atoms with E-state index in [4.69, 9.17) is 16.3 Å². The highest BCUT2D eigenvalue weighted by atomic mass is 35.5. The molecule has 2 aromatic rings. The molecule has 240 valence electrons. The van der Waals surface area contributed by atoms with Gasteiger partial charge in [-0.15, -0.1) is 13.2 Å². The van der Waals surface area contributed by atoms with Crippen molar-refractivity contribution >= 4 is 35.0 Å². The third kappa shape index (κ3) is 5.62. The number of rotatable bonds is 14. The summed E-state index contributed by atoms with van der Waals surface area (Å²) in [6.07, 6.45) is 5.98. The zero-order valence-corrected chi connectivity index (χ0v) is 27.0. The number of hydrogen-bond donors (Lipinski definition) is 1. The van der Waals surface area contributed by atoms with Crippen LogP contribution < -0.4 is 4.90 Å². The first-order chi connectivity index (χ1) is 21.7. The molecule has 1 spiro atoms. The van der Waals surface area contributed by atoms with Gasteiger partial charge in [-0.05, 0) is 61.9 Å². The van der Waals surface area contributed by atoms with Crippen LogP contribution in [0.3, 0.4) is 0 Å². The Labute approximate surface area is 271 Å². The van der Waals surface area contributed by atoms with Crippen LogP contribution in [0.25, 0.3) is 0 Å². The third-order valence-electron chi connectivity index (χ3n) is 9.91. The van der Waals surface area contributed by atoms with Gasteiger partial charge in [0.15, 0.2) is 0 Å². The van der Waals surface area contributed by atoms with Gasteiger partial charge in [0.1, 0.15) is 11.6 Å². The Morgan fingerprint density at radius 1 is 1.07 bits per heavy atom. The van der Waals surface area contributed by atoms with E-state index in [0.717, 1.165) is 12.0 Å². The van der Waals surface area contributed by atoms with E-state index < -0.39 is 35.1 Å². The predicted molar refractivity (Wildman–Crippen MR) is 176 cm³/mol. The minimum Gasteiger partial charge on any atom is -0.394 e. The number of likely N-dealkylation sites (tertiary alicyclic amines) is 1. The lowest BCUT2D eigenvalue weighted by molar-refractivity contribution is -0.153. The summed E-state index contributed by atoms with van der Waals surface area (Å²) in [7, 11) is 0. The van der Waals surface area contributed by atoms with Crippen LogP contribution in [-0.4, -0.2) is 82.2 Å². The van der Waals surface area contributed by atoms with E-state index in [1.165, 1.54) is 0 Å². The summed E-state index contributed by atoms with van der Waals surface area (Å²) < 4.78 is 7.01. The highest BCUT2D eigenvalue weighted by Crippen LogP contribution is 2.65. The number of halogens is 1. The maximum absolute atomic E-state index is 15.0. The molecule has 9 heteroatoms. The number of carbonyl (C=O) groups is 3. The number of aliphatic hydroxyl groups excluding tert-OH is 1. The molecule has 3 aliphatic heterocycles. The fourth-order valence-electron chi connectivity index (χ4n) is 7.98. The number of anilines is 1. The van der Waals surface area contributed by atoms with Gasteiger partial charge in [-0.2, -0.15) is 0 Å². The average molecular weight is 634 g/mol. The van der Waals surface area contributed by atoms with E-state index in [0.29, 0.717) is 49.5 Å². The predicted octanol–water partition coefficient (Wildman–Crippen LogP) is 5.04. The lowest BCUT2D eigenvalue weighted by Gasteiger charge is -2.39. The van der Waals surface area contributed by atoms with Gasteiger partial charge in [-0.1, -0.05) is 67.9 Å². The van der Waals surface area contributed by atoms with Crippen molar-refractivity contribution in [2.24, 2.45) is 11.8 Å². The fraction of sp³-hybridized carbons (Fsp3) is 0.472. The molecule has 3 heterocycles. The van der Waals surface area contributed by atoms with Crippen LogP contribution in [-0.2, 0) is 25.5 Å². The van der Waals surface area contributed by atoms with Gasteiger partial charge in [0.2, 0.25) is 11.8 Å². The number of amides is 3. The molecule has 0 aromatic heterocycles. The Morgan fingerprint density at radius 3 is 2.36 bits per heavy atom. The molecule has 6 atom stereocenters. The van der Waals surface area contributed by atoms with E-state index in [9.17, 15) is 19.5 Å². The van der Waals surface area contributed by atoms with Gasteiger partial charge < -0.3 is 24.5 Å². The SMILES string of the molecule is C=CCN(CCC)C(=O)[C@@H]1[C@H]2C(=O)N([C@@H](CO)Cc3ccccc3)C(C(=O)N(CC=C)c3ccc(Cl)cc3)C23CC[C@@]1(CC)O3. The third-order valence-corrected chi connectivity index (χ3v) is 10.2. The average Bonchev–Trinajstić information content (AvgIpc) is 3.66. The molecule has 3 amide bonds. The van der Waals surface area contributed by atoms with Gasteiger partial charge in [0.25, 0.3) is 5.91 Å². The van der Waals surface area contributed by atoms with E-state index in [1.807, 2.05) is 44.2 Å². The van der Waals surface area contributed by atoms with Crippen LogP contribution in [0, 0.1) is 11.8 Å². The molecule has 0 saturated carbocycles. The first-order valence-corrected chi connectivity index (χ1v) is 16.3. The molecule has 8 nitrogen and oxygen atoms in total. The molecule has 2 bridgehead atoms. The van der Waals surface area contributed by atoms with Crippen molar-refractivity contribution in [2.75, 3.05) is 31.1 Å². The van der Waals surface area contributed by atoms with Crippen LogP contribution in [0.15, 0.2) is 79.9 Å². The van der Waals surface area contributed by atoms with E-state index >= 15 is 0 Å². The molecule has 3 fully saturated rings. The van der Waals surface area contributed by atoms with Crippen LogP contribution >= 0.6 is 11.6 Å². The Balaban J connectivity index is 1.65. The number of nitrogens with zero attached hydrogens (tertiary/aromatic N) is 3. The molecule has 45 heavy (non-hydrogen) atoms. The minimum atomic E-state index is -1.23. The quantitative estimate of drug-likeness (QED) is 0.295. The standard InChI is InChI=1S/C36H44ClN3O5/c1-5-20-38(21-6-2)32(42)29-30-33(43)40(28(24-41)23-25-12-10-9-11-13-25)31(36(30)19-18-35(29,8-4)45-36)34(44)39(22-7-3)27-16-14-26(37)15-17-27/h5,7,9-17,28-31,41H,1,3,6,8,18-24H2,2,4H3/t28-,29+,30+,31?,35-,36?/m1/s1. The lowest BCUT2D eigenvalue weighted by Crippen LogP contribution is -2.59. The molecule has 2 aromatic carbocycles. The molecule has 3 saturated heterocycles. The number of aliphatic hydroxyl groups is 1. The van der Waals surface area contributed by atoms with Crippen molar-refractivity contribution in [2.45, 2.75) is 69.2 Å². The summed E-state index contributed by atoms with van der Waals surface area (Å²) in [6, 6.07) is 14.8. The molecule has 0 radical (unpaired) electrons. The topological polar surface area (TPSA) is 90.4 Å². The molecule has 3 aliphatic rings. The van der Waals surface area contributed by atoms with Crippen molar-refractivity contribution < 1.29 is 24.2 Å². The number of benzene rings is 2. The summed E-state index contributed by atoms with van der Waals surface area (Å²) in [5, 5.41) is 11.3. The highest BCUT2D eigenvalue weighted by molar-refractivity contribution is 6.30. The summed E-state index contributed by atoms with van der Waals surface area (Å²) in [4.78, 5) is 49.2. The zero-order chi connectivity index (χ0) is 32.4. The number of carbonyl (C=O) groups excluding carboxylic acids is 3. The molecule has 5 rings (SSSR count). The maximum atomic E-state index is 15.0. The second-order valence-electron chi connectivity index (χ2n) is 12.4. The number of hydrogen-bond acceptors (Lipinski definition) is 5. The van der Waals surface area contributed by atoms with Crippen LogP contribution in [0.1, 0.15) is 45.1 Å². The van der Waals surface area contributed by atoms with Crippen molar-refractivity contribution in [1.82, 2.24) is 9.80 Å². The normalized spacial score (nSPS) is 27.2. The van der Waals surface area contributed by atoms with Gasteiger partial charge in [0, 0.05) is 30.3 Å². The van der Waals surface area contributed by atoms with E-state index in [2.05, 4.69) is 13.2 Å². The van der Waals surface area contributed by atoms with Gasteiger partial charge in [-0.3, -0.25) is 14.4 Å². The first-order valence-electron chi connectivity index (χ1n) is 16.0. The minimum absolute atomic E-state index is 0.143. The summed E-state index contributed by atoms with van der Waals surface area (Å²) in [6.45, 7) is 12.5. The lowest BCUT2D eigenvalue weighted by atomic mass is 9.64. The number of fused-ring (bicyclic) bond motifs is 1. The second-order valence-corrected chi connectivity index (χ2v) is 12.8. The second kappa shape index (κ2) is 13.5. The molecular formula is C36H44ClN3O5. The first kappa shape index (κ1) is 32.9. The highest BCUT2D eigenvalue weighted by Gasteiger charge is 2.79. The maximum Gasteiger partial charge on any atom is 0.253 e. The van der Waals surface area contributed by atoms with Crippen LogP contribution in [0.4, 0.5) is 5.69 Å². The molecule has 0 aliphatic carbocycles. The Kier molecular flexibility index (Phi) is 9.87. The summed E-state index contributed by atoms with van der Waals surface area (Å²) in [5.74, 6) is -2.42. The molecule has 2 unspecified atom stereocenters. The van der Waals surface area contributed by atoms with Gasteiger partial charge >= 0.3 is 0 Å². The largest absolute Gasteiger partial charge is 0.394 e. The summed E-state index contributed by atoms with van der Waals surface area (Å²) in [5.41, 5.74) is -0.571. The van der Waals surface area contributed by atoms with Crippen molar-refractivity contribution in [1.29, 1.82) is 0 Å². The van der Waals surface area contributed by atoms with Crippen molar-refractivity contribution in [3.05, 3.63) is 90.5 Å². The fourth-order valence-corrected chi connectivity index (χ4v) is 8.10. The van der Waals surface area contributed by atoms with E-state index in [-0.39, 0.29) is 30.9 Å². The smallest absolute Gasteiger partial charge is 0.253 e. The Morgan fingerprint density at radius 2 is 1.76 bits per heavy atom. The van der Waals surface area contributed by atoms with Crippen LogP contribution in [0.5, 0.6) is 0 Å². The Hall–Kier alpha value is -3.46. The van der Waals surface area contributed by atoms with Gasteiger partial charge in [0.05, 0.1) is 30.1 Å². The molecular weight excluding hydrogens is 590 g/mol. The van der Waals surface area contributed by atoms with Crippen LogP contribution in [0.2, 0.25) is 5.02 Å². The van der Waals surface area contributed by atoms with Crippen molar-refractivity contribution in [3.63, 3.8) is 0 Å². The molecule has 1 N–H and O–H groups in total. The van der Waals surface area contributed by atoms with Crippen molar-refractivity contribution in [3.8, 4) is 0 Å². The zero-order valence-electron chi connectivity index (χ0n) is 26.2. The van der Waals surface area contributed by atoms with E-state index in [1.54, 1.807) is 51.1 Å². The number of ether oxygens (including phenoxy) is 1. The van der Waals surface area contributed by atoms with Gasteiger partial charge in [-0.25, -0.2) is 0 Å².